The van der Waals surface area contributed by atoms with Gasteiger partial charge in [-0.1, -0.05) is 24.3 Å². The van der Waals surface area contributed by atoms with Crippen molar-refractivity contribution in [2.45, 2.75) is 19.3 Å². The van der Waals surface area contributed by atoms with Crippen molar-refractivity contribution >= 4 is 24.6 Å². The summed E-state index contributed by atoms with van der Waals surface area (Å²) >= 11 is 4.16. The van der Waals surface area contributed by atoms with E-state index < -0.39 is 11.4 Å². The average Bonchev–Trinajstić information content (AvgIpc) is 2.40. The van der Waals surface area contributed by atoms with Crippen LogP contribution in [0.15, 0.2) is 35.5 Å². The minimum absolute atomic E-state index is 0.0665. The first-order valence-electron chi connectivity index (χ1n) is 6.17. The standard InChI is InChI=1S/C15H15N3OS/c1-9-4-3-5-11(10(9)2)6-7-13-12(8-16)14(19)18-15(20)17-13/h3-7,15,17,20H,1-2H3,(H,18,19)/b7-6+. The third-order valence-corrected chi connectivity index (χ3v) is 3.50. The number of benzene rings is 1. The second kappa shape index (κ2) is 5.85. The van der Waals surface area contributed by atoms with Crippen molar-refractivity contribution in [3.8, 4) is 6.07 Å². The zero-order valence-corrected chi connectivity index (χ0v) is 12.2. The van der Waals surface area contributed by atoms with E-state index in [2.05, 4.69) is 23.3 Å². The molecule has 1 amide bonds. The van der Waals surface area contributed by atoms with Gasteiger partial charge in [0.1, 0.15) is 17.1 Å². The lowest BCUT2D eigenvalue weighted by molar-refractivity contribution is -0.117. The maximum Gasteiger partial charge on any atom is 0.266 e. The Morgan fingerprint density at radius 3 is 2.75 bits per heavy atom. The van der Waals surface area contributed by atoms with Gasteiger partial charge in [0.2, 0.25) is 0 Å². The van der Waals surface area contributed by atoms with Crippen molar-refractivity contribution < 1.29 is 4.79 Å². The van der Waals surface area contributed by atoms with Crippen LogP contribution in [0.2, 0.25) is 0 Å². The van der Waals surface area contributed by atoms with Gasteiger partial charge in [-0.2, -0.15) is 5.26 Å². The molecule has 0 aromatic heterocycles. The van der Waals surface area contributed by atoms with Crippen LogP contribution in [0.5, 0.6) is 0 Å². The van der Waals surface area contributed by atoms with E-state index in [0.717, 1.165) is 5.56 Å². The molecule has 1 aromatic rings. The van der Waals surface area contributed by atoms with Gasteiger partial charge in [-0.25, -0.2) is 0 Å². The van der Waals surface area contributed by atoms with Crippen LogP contribution in [0.4, 0.5) is 0 Å². The molecular formula is C15H15N3OS. The number of hydrogen-bond donors (Lipinski definition) is 3. The molecule has 1 unspecified atom stereocenters. The summed E-state index contributed by atoms with van der Waals surface area (Å²) in [5, 5.41) is 14.5. The number of nitrogens with zero attached hydrogens (tertiary/aromatic N) is 1. The van der Waals surface area contributed by atoms with Gasteiger partial charge in [-0.15, -0.1) is 12.6 Å². The summed E-state index contributed by atoms with van der Waals surface area (Å²) < 4.78 is 0. The summed E-state index contributed by atoms with van der Waals surface area (Å²) in [6, 6.07) is 7.92. The average molecular weight is 285 g/mol. The molecule has 102 valence electrons. The van der Waals surface area contributed by atoms with Crippen molar-refractivity contribution in [1.29, 1.82) is 5.26 Å². The number of hydrogen-bond acceptors (Lipinski definition) is 4. The van der Waals surface area contributed by atoms with Crippen molar-refractivity contribution in [3.63, 3.8) is 0 Å². The predicted molar refractivity (Wildman–Crippen MR) is 81.6 cm³/mol. The topological polar surface area (TPSA) is 64.9 Å². The Labute approximate surface area is 123 Å². The SMILES string of the molecule is Cc1cccc(/C=C/C2=C(C#N)C(=O)NC(S)N2)c1C. The summed E-state index contributed by atoms with van der Waals surface area (Å²) in [5.41, 5.74) is 3.48. The number of rotatable bonds is 2. The maximum absolute atomic E-state index is 11.7. The quantitative estimate of drug-likeness (QED) is 0.728. The van der Waals surface area contributed by atoms with Crippen LogP contribution in [0.1, 0.15) is 16.7 Å². The lowest BCUT2D eigenvalue weighted by Crippen LogP contribution is -2.46. The molecule has 0 spiro atoms. The highest BCUT2D eigenvalue weighted by Crippen LogP contribution is 2.17. The van der Waals surface area contributed by atoms with Crippen LogP contribution >= 0.6 is 12.6 Å². The molecule has 1 aliphatic rings. The number of nitriles is 1. The van der Waals surface area contributed by atoms with Crippen LogP contribution in [0, 0.1) is 25.2 Å². The Bertz CT molecular complexity index is 656. The number of nitrogens with one attached hydrogen (secondary N) is 2. The maximum atomic E-state index is 11.7. The molecule has 0 fully saturated rings. The third kappa shape index (κ3) is 2.86. The highest BCUT2D eigenvalue weighted by Gasteiger charge is 2.22. The number of amides is 1. The van der Waals surface area contributed by atoms with E-state index in [9.17, 15) is 4.79 Å². The van der Waals surface area contributed by atoms with E-state index in [1.807, 2.05) is 44.2 Å². The molecule has 5 heteroatoms. The molecule has 1 aromatic carbocycles. The predicted octanol–water partition coefficient (Wildman–Crippen LogP) is 2.03. The van der Waals surface area contributed by atoms with Gasteiger partial charge in [0.25, 0.3) is 5.91 Å². The Balaban J connectivity index is 2.37. The van der Waals surface area contributed by atoms with Crippen LogP contribution < -0.4 is 10.6 Å². The minimum atomic E-state index is -0.488. The largest absolute Gasteiger partial charge is 0.356 e. The third-order valence-electron chi connectivity index (χ3n) is 3.24. The number of carbonyl (C=O) groups is 1. The monoisotopic (exact) mass is 285 g/mol. The first kappa shape index (κ1) is 14.2. The van der Waals surface area contributed by atoms with Crippen molar-refractivity contribution in [1.82, 2.24) is 10.6 Å². The van der Waals surface area contributed by atoms with E-state index in [4.69, 9.17) is 5.26 Å². The first-order valence-corrected chi connectivity index (χ1v) is 6.68. The Kier molecular flexibility index (Phi) is 4.16. The molecule has 0 saturated heterocycles. The van der Waals surface area contributed by atoms with Gasteiger partial charge in [0.15, 0.2) is 0 Å². The number of thiol groups is 1. The molecule has 0 radical (unpaired) electrons. The van der Waals surface area contributed by atoms with E-state index in [1.54, 1.807) is 6.08 Å². The molecule has 20 heavy (non-hydrogen) atoms. The Hall–Kier alpha value is -2.19. The molecule has 0 saturated carbocycles. The normalized spacial score (nSPS) is 18.7. The zero-order valence-electron chi connectivity index (χ0n) is 11.3. The summed E-state index contributed by atoms with van der Waals surface area (Å²) in [6.07, 6.45) is 3.63. The van der Waals surface area contributed by atoms with Gasteiger partial charge < -0.3 is 10.6 Å². The zero-order chi connectivity index (χ0) is 14.7. The molecule has 2 rings (SSSR count). The summed E-state index contributed by atoms with van der Waals surface area (Å²) in [7, 11) is 0. The second-order valence-corrected chi connectivity index (χ2v) is 5.06. The second-order valence-electron chi connectivity index (χ2n) is 4.54. The fourth-order valence-electron chi connectivity index (χ4n) is 1.94. The molecule has 0 aliphatic carbocycles. The fraction of sp³-hybridized carbons (Fsp3) is 0.200. The molecule has 0 bridgehead atoms. The van der Waals surface area contributed by atoms with Crippen LogP contribution in [0.25, 0.3) is 6.08 Å². The van der Waals surface area contributed by atoms with Crippen molar-refractivity contribution in [2.75, 3.05) is 0 Å². The molecular weight excluding hydrogens is 270 g/mol. The van der Waals surface area contributed by atoms with Gasteiger partial charge >= 0.3 is 0 Å². The van der Waals surface area contributed by atoms with E-state index in [1.165, 1.54) is 11.1 Å². The van der Waals surface area contributed by atoms with Crippen LogP contribution in [-0.2, 0) is 4.79 Å². The van der Waals surface area contributed by atoms with E-state index in [-0.39, 0.29) is 5.57 Å². The van der Waals surface area contributed by atoms with Crippen LogP contribution in [0.3, 0.4) is 0 Å². The van der Waals surface area contributed by atoms with Crippen molar-refractivity contribution in [3.05, 3.63) is 52.2 Å². The lowest BCUT2D eigenvalue weighted by atomic mass is 10.0. The van der Waals surface area contributed by atoms with Crippen molar-refractivity contribution in [2.24, 2.45) is 0 Å². The number of carbonyl (C=O) groups excluding carboxylic acids is 1. The van der Waals surface area contributed by atoms with Crippen LogP contribution in [-0.4, -0.2) is 11.4 Å². The van der Waals surface area contributed by atoms with Gasteiger partial charge in [-0.05, 0) is 36.6 Å². The van der Waals surface area contributed by atoms with Gasteiger partial charge in [-0.3, -0.25) is 4.79 Å². The smallest absolute Gasteiger partial charge is 0.266 e. The van der Waals surface area contributed by atoms with Gasteiger partial charge in [0.05, 0.1) is 5.70 Å². The summed E-state index contributed by atoms with van der Waals surface area (Å²) in [4.78, 5) is 11.7. The highest BCUT2D eigenvalue weighted by atomic mass is 32.1. The Morgan fingerprint density at radius 1 is 1.30 bits per heavy atom. The summed E-state index contributed by atoms with van der Waals surface area (Å²) in [5.74, 6) is -0.410. The molecule has 1 aliphatic heterocycles. The molecule has 1 atom stereocenters. The molecule has 1 heterocycles. The van der Waals surface area contributed by atoms with E-state index in [0.29, 0.717) is 5.70 Å². The van der Waals surface area contributed by atoms with Gasteiger partial charge in [0, 0.05) is 0 Å². The molecule has 4 nitrogen and oxygen atoms in total. The lowest BCUT2D eigenvalue weighted by Gasteiger charge is -2.22. The highest BCUT2D eigenvalue weighted by molar-refractivity contribution is 7.80. The van der Waals surface area contributed by atoms with E-state index >= 15 is 0 Å². The number of allylic oxidation sites excluding steroid dienone is 1. The number of aryl methyl sites for hydroxylation is 1. The fourth-order valence-corrected chi connectivity index (χ4v) is 2.20. The molecule has 2 N–H and O–H groups in total. The summed E-state index contributed by atoms with van der Waals surface area (Å²) in [6.45, 7) is 4.08. The minimum Gasteiger partial charge on any atom is -0.356 e. The first-order chi connectivity index (χ1) is 9.52. The Morgan fingerprint density at radius 2 is 2.05 bits per heavy atom.